The van der Waals surface area contributed by atoms with Crippen LogP contribution in [0.3, 0.4) is 0 Å². The van der Waals surface area contributed by atoms with Crippen LogP contribution >= 0.6 is 11.6 Å². The van der Waals surface area contributed by atoms with Gasteiger partial charge in [-0.1, -0.05) is 16.8 Å². The molecule has 0 aliphatic carbocycles. The third-order valence-corrected chi connectivity index (χ3v) is 4.09. The molecule has 1 unspecified atom stereocenters. The van der Waals surface area contributed by atoms with Gasteiger partial charge in [0.25, 0.3) is 5.91 Å². The number of carbonyl (C=O) groups is 1. The van der Waals surface area contributed by atoms with Gasteiger partial charge in [-0.3, -0.25) is 4.79 Å². The first kappa shape index (κ1) is 15.8. The molecule has 3 rings (SSSR count). The predicted molar refractivity (Wildman–Crippen MR) is 81.8 cm³/mol. The standard InChI is InChI=1S/C16H16ClFN2O3/c1-10-7-15(23-19-10)14-3-2-6-20(14)16(21)9-22-11-4-5-13(18)12(17)8-11/h4-5,7-8,14H,2-3,6,9H2,1H3. The number of aromatic nitrogens is 1. The number of ether oxygens (including phenoxy) is 1. The lowest BCUT2D eigenvalue weighted by atomic mass is 10.1. The Balaban J connectivity index is 1.64. The first-order valence-electron chi connectivity index (χ1n) is 7.35. The van der Waals surface area contributed by atoms with Gasteiger partial charge in [0.2, 0.25) is 0 Å². The van der Waals surface area contributed by atoms with E-state index in [1.54, 1.807) is 4.90 Å². The van der Waals surface area contributed by atoms with Gasteiger partial charge in [-0.05, 0) is 31.9 Å². The van der Waals surface area contributed by atoms with Crippen LogP contribution in [0.2, 0.25) is 5.02 Å². The lowest BCUT2D eigenvalue weighted by Crippen LogP contribution is -2.34. The smallest absolute Gasteiger partial charge is 0.261 e. The number of nitrogens with zero attached hydrogens (tertiary/aromatic N) is 2. The van der Waals surface area contributed by atoms with Crippen molar-refractivity contribution in [3.05, 3.63) is 46.6 Å². The van der Waals surface area contributed by atoms with Gasteiger partial charge in [-0.25, -0.2) is 4.39 Å². The molecular formula is C16H16ClFN2O3. The van der Waals surface area contributed by atoms with Crippen LogP contribution in [-0.4, -0.2) is 29.1 Å². The van der Waals surface area contributed by atoms with Gasteiger partial charge in [-0.15, -0.1) is 0 Å². The quantitative estimate of drug-likeness (QED) is 0.856. The van der Waals surface area contributed by atoms with E-state index in [1.165, 1.54) is 18.2 Å². The van der Waals surface area contributed by atoms with Crippen molar-refractivity contribution in [2.24, 2.45) is 0 Å². The molecule has 0 N–H and O–H groups in total. The third-order valence-electron chi connectivity index (χ3n) is 3.80. The Hall–Kier alpha value is -2.08. The lowest BCUT2D eigenvalue weighted by Gasteiger charge is -2.22. The molecule has 1 saturated heterocycles. The first-order chi connectivity index (χ1) is 11.0. The highest BCUT2D eigenvalue weighted by molar-refractivity contribution is 6.30. The van der Waals surface area contributed by atoms with Crippen LogP contribution in [0, 0.1) is 12.7 Å². The monoisotopic (exact) mass is 338 g/mol. The fraction of sp³-hybridized carbons (Fsp3) is 0.375. The van der Waals surface area contributed by atoms with E-state index in [0.717, 1.165) is 18.5 Å². The Bertz CT molecular complexity index is 719. The van der Waals surface area contributed by atoms with Gasteiger partial charge < -0.3 is 14.2 Å². The van der Waals surface area contributed by atoms with Crippen LogP contribution in [0.1, 0.15) is 30.3 Å². The molecule has 1 aliphatic heterocycles. The minimum Gasteiger partial charge on any atom is -0.484 e. The van der Waals surface area contributed by atoms with Crippen LogP contribution in [0.25, 0.3) is 0 Å². The maximum Gasteiger partial charge on any atom is 0.261 e. The highest BCUT2D eigenvalue weighted by Crippen LogP contribution is 2.32. The largest absolute Gasteiger partial charge is 0.484 e. The average molecular weight is 339 g/mol. The number of hydrogen-bond acceptors (Lipinski definition) is 4. The second-order valence-corrected chi connectivity index (χ2v) is 5.89. The number of halogens is 2. The van der Waals surface area contributed by atoms with E-state index in [0.29, 0.717) is 18.1 Å². The van der Waals surface area contributed by atoms with Crippen LogP contribution in [-0.2, 0) is 4.79 Å². The molecule has 1 atom stereocenters. The summed E-state index contributed by atoms with van der Waals surface area (Å²) in [4.78, 5) is 14.1. The van der Waals surface area contributed by atoms with Gasteiger partial charge in [0.1, 0.15) is 11.6 Å². The molecule has 2 heterocycles. The van der Waals surface area contributed by atoms with Crippen molar-refractivity contribution in [2.75, 3.05) is 13.2 Å². The average Bonchev–Trinajstić information content (AvgIpc) is 3.16. The molecule has 1 fully saturated rings. The molecule has 122 valence electrons. The highest BCUT2D eigenvalue weighted by atomic mass is 35.5. The number of aryl methyl sites for hydroxylation is 1. The third kappa shape index (κ3) is 3.47. The summed E-state index contributed by atoms with van der Waals surface area (Å²) >= 11 is 5.69. The molecule has 1 amide bonds. The molecule has 7 heteroatoms. The molecule has 1 aromatic carbocycles. The van der Waals surface area contributed by atoms with E-state index in [2.05, 4.69) is 5.16 Å². The van der Waals surface area contributed by atoms with E-state index >= 15 is 0 Å². The van der Waals surface area contributed by atoms with E-state index in [1.807, 2.05) is 13.0 Å². The van der Waals surface area contributed by atoms with Gasteiger partial charge in [0.05, 0.1) is 16.8 Å². The maximum atomic E-state index is 13.1. The minimum atomic E-state index is -0.523. The maximum absolute atomic E-state index is 13.1. The summed E-state index contributed by atoms with van der Waals surface area (Å²) in [5, 5.41) is 3.84. The van der Waals surface area contributed by atoms with E-state index in [-0.39, 0.29) is 23.6 Å². The zero-order chi connectivity index (χ0) is 16.4. The van der Waals surface area contributed by atoms with Crippen LogP contribution in [0.5, 0.6) is 5.75 Å². The molecule has 1 aliphatic rings. The van der Waals surface area contributed by atoms with Gasteiger partial charge in [-0.2, -0.15) is 0 Å². The fourth-order valence-corrected chi connectivity index (χ4v) is 2.87. The summed E-state index contributed by atoms with van der Waals surface area (Å²) in [7, 11) is 0. The topological polar surface area (TPSA) is 55.6 Å². The molecule has 2 aromatic rings. The molecule has 23 heavy (non-hydrogen) atoms. The number of hydrogen-bond donors (Lipinski definition) is 0. The number of carbonyl (C=O) groups excluding carboxylic acids is 1. The van der Waals surface area contributed by atoms with Crippen LogP contribution < -0.4 is 4.74 Å². The molecule has 0 radical (unpaired) electrons. The van der Waals surface area contributed by atoms with Gasteiger partial charge in [0.15, 0.2) is 12.4 Å². The summed E-state index contributed by atoms with van der Waals surface area (Å²) < 4.78 is 23.8. The Kier molecular flexibility index (Phi) is 4.52. The van der Waals surface area contributed by atoms with Gasteiger partial charge >= 0.3 is 0 Å². The normalized spacial score (nSPS) is 17.5. The second-order valence-electron chi connectivity index (χ2n) is 5.48. The Labute approximate surface area is 138 Å². The Morgan fingerprint density at radius 2 is 2.35 bits per heavy atom. The van der Waals surface area contributed by atoms with E-state index in [4.69, 9.17) is 20.9 Å². The summed E-state index contributed by atoms with van der Waals surface area (Å²) in [5.41, 5.74) is 0.788. The number of likely N-dealkylation sites (tertiary alicyclic amines) is 1. The lowest BCUT2D eigenvalue weighted by molar-refractivity contribution is -0.134. The number of amides is 1. The molecule has 5 nitrogen and oxygen atoms in total. The van der Waals surface area contributed by atoms with Crippen molar-refractivity contribution in [1.29, 1.82) is 0 Å². The predicted octanol–water partition coefficient (Wildman–Crippen LogP) is 3.52. The minimum absolute atomic E-state index is 0.0360. The van der Waals surface area contributed by atoms with Crippen molar-refractivity contribution >= 4 is 17.5 Å². The molecule has 0 spiro atoms. The summed E-state index contributed by atoms with van der Waals surface area (Å²) in [6.07, 6.45) is 1.74. The van der Waals surface area contributed by atoms with Crippen molar-refractivity contribution in [3.8, 4) is 5.75 Å². The Morgan fingerprint density at radius 3 is 3.04 bits per heavy atom. The highest BCUT2D eigenvalue weighted by Gasteiger charge is 2.32. The summed E-state index contributed by atoms with van der Waals surface area (Å²) in [6, 6.07) is 5.74. The second kappa shape index (κ2) is 6.58. The van der Waals surface area contributed by atoms with Gasteiger partial charge in [0, 0.05) is 18.7 Å². The van der Waals surface area contributed by atoms with Crippen molar-refractivity contribution in [3.63, 3.8) is 0 Å². The number of benzene rings is 1. The molecular weight excluding hydrogens is 323 g/mol. The SMILES string of the molecule is Cc1cc(C2CCCN2C(=O)COc2ccc(F)c(Cl)c2)on1. The summed E-state index contributed by atoms with van der Waals surface area (Å²) in [5.74, 6) is 0.377. The zero-order valence-electron chi connectivity index (χ0n) is 12.6. The zero-order valence-corrected chi connectivity index (χ0v) is 13.3. The molecule has 0 bridgehead atoms. The molecule has 1 aromatic heterocycles. The van der Waals surface area contributed by atoms with Crippen molar-refractivity contribution < 1.29 is 18.4 Å². The van der Waals surface area contributed by atoms with E-state index < -0.39 is 5.82 Å². The number of rotatable bonds is 4. The van der Waals surface area contributed by atoms with Crippen molar-refractivity contribution in [2.45, 2.75) is 25.8 Å². The molecule has 0 saturated carbocycles. The van der Waals surface area contributed by atoms with Crippen LogP contribution in [0.15, 0.2) is 28.8 Å². The first-order valence-corrected chi connectivity index (χ1v) is 7.73. The summed E-state index contributed by atoms with van der Waals surface area (Å²) in [6.45, 7) is 2.36. The van der Waals surface area contributed by atoms with E-state index in [9.17, 15) is 9.18 Å². The Morgan fingerprint density at radius 1 is 1.52 bits per heavy atom. The fourth-order valence-electron chi connectivity index (χ4n) is 2.70. The van der Waals surface area contributed by atoms with Crippen LogP contribution in [0.4, 0.5) is 4.39 Å². The van der Waals surface area contributed by atoms with Crippen molar-refractivity contribution in [1.82, 2.24) is 10.1 Å².